The van der Waals surface area contributed by atoms with Crippen LogP contribution in [-0.4, -0.2) is 0 Å². The molecule has 0 atom stereocenters. The van der Waals surface area contributed by atoms with Gasteiger partial charge in [-0.05, 0) is 24.7 Å². The summed E-state index contributed by atoms with van der Waals surface area (Å²) in [5.74, 6) is 0. The minimum atomic E-state index is 0.787. The molecule has 0 saturated heterocycles. The highest BCUT2D eigenvalue weighted by atomic mass is 14.4. The summed E-state index contributed by atoms with van der Waals surface area (Å²) in [5, 5.41) is 0. The molecule has 0 amide bonds. The second-order valence-electron chi connectivity index (χ2n) is 4.52. The maximum Gasteiger partial charge on any atom is -0.0300 e. The van der Waals surface area contributed by atoms with Gasteiger partial charge >= 0.3 is 0 Å². The molecule has 0 aromatic rings. The SMILES string of the molecule is CCCCCC1(CC)CCCC1. The lowest BCUT2D eigenvalue weighted by Gasteiger charge is -2.27. The minimum absolute atomic E-state index is 0.787. The quantitative estimate of drug-likeness (QED) is 0.529. The van der Waals surface area contributed by atoms with Gasteiger partial charge in [-0.1, -0.05) is 52.4 Å². The Bertz CT molecular complexity index is 109. The molecule has 1 rings (SSSR count). The van der Waals surface area contributed by atoms with E-state index in [1.165, 1.54) is 57.8 Å². The highest BCUT2D eigenvalue weighted by molar-refractivity contribution is 4.83. The Morgan fingerprint density at radius 1 is 1.00 bits per heavy atom. The summed E-state index contributed by atoms with van der Waals surface area (Å²) in [5.41, 5.74) is 0.787. The van der Waals surface area contributed by atoms with E-state index >= 15 is 0 Å². The van der Waals surface area contributed by atoms with Gasteiger partial charge in [0.25, 0.3) is 0 Å². The van der Waals surface area contributed by atoms with Gasteiger partial charge in [-0.3, -0.25) is 0 Å². The van der Waals surface area contributed by atoms with Crippen molar-refractivity contribution in [2.24, 2.45) is 5.41 Å². The lowest BCUT2D eigenvalue weighted by molar-refractivity contribution is 0.250. The molecule has 1 aliphatic carbocycles. The molecular formula is C12H24. The molecule has 0 nitrogen and oxygen atoms in total. The van der Waals surface area contributed by atoms with Crippen LogP contribution in [0.1, 0.15) is 71.6 Å². The van der Waals surface area contributed by atoms with E-state index in [-0.39, 0.29) is 0 Å². The lowest BCUT2D eigenvalue weighted by Crippen LogP contribution is -2.14. The van der Waals surface area contributed by atoms with E-state index in [4.69, 9.17) is 0 Å². The molecule has 12 heavy (non-hydrogen) atoms. The Kier molecular flexibility index (Phi) is 4.11. The molecule has 0 N–H and O–H groups in total. The van der Waals surface area contributed by atoms with E-state index in [0.29, 0.717) is 0 Å². The van der Waals surface area contributed by atoms with Crippen LogP contribution in [0.25, 0.3) is 0 Å². The monoisotopic (exact) mass is 168 g/mol. The number of unbranched alkanes of at least 4 members (excludes halogenated alkanes) is 2. The van der Waals surface area contributed by atoms with E-state index < -0.39 is 0 Å². The first-order valence-corrected chi connectivity index (χ1v) is 5.83. The predicted octanol–water partition coefficient (Wildman–Crippen LogP) is 4.54. The van der Waals surface area contributed by atoms with E-state index in [9.17, 15) is 0 Å². The Morgan fingerprint density at radius 2 is 1.67 bits per heavy atom. The third-order valence-electron chi connectivity index (χ3n) is 3.72. The van der Waals surface area contributed by atoms with Crippen LogP contribution in [0.3, 0.4) is 0 Å². The molecule has 0 radical (unpaired) electrons. The lowest BCUT2D eigenvalue weighted by atomic mass is 9.79. The second kappa shape index (κ2) is 4.89. The Labute approximate surface area is 77.7 Å². The normalized spacial score (nSPS) is 21.5. The molecule has 0 heteroatoms. The first kappa shape index (κ1) is 10.1. The first-order valence-electron chi connectivity index (χ1n) is 5.83. The van der Waals surface area contributed by atoms with Crippen LogP contribution in [0.15, 0.2) is 0 Å². The van der Waals surface area contributed by atoms with Crippen molar-refractivity contribution in [3.05, 3.63) is 0 Å². The first-order chi connectivity index (χ1) is 5.83. The van der Waals surface area contributed by atoms with Crippen LogP contribution in [0.5, 0.6) is 0 Å². The van der Waals surface area contributed by atoms with Gasteiger partial charge in [0.2, 0.25) is 0 Å². The summed E-state index contributed by atoms with van der Waals surface area (Å²) in [6.07, 6.45) is 13.3. The van der Waals surface area contributed by atoms with Crippen molar-refractivity contribution in [3.8, 4) is 0 Å². The van der Waals surface area contributed by atoms with Crippen LogP contribution in [0.2, 0.25) is 0 Å². The van der Waals surface area contributed by atoms with Gasteiger partial charge in [0.1, 0.15) is 0 Å². The Balaban J connectivity index is 2.24. The highest BCUT2D eigenvalue weighted by Gasteiger charge is 2.30. The summed E-state index contributed by atoms with van der Waals surface area (Å²) < 4.78 is 0. The summed E-state index contributed by atoms with van der Waals surface area (Å²) >= 11 is 0. The minimum Gasteiger partial charge on any atom is -0.0654 e. The van der Waals surface area contributed by atoms with Crippen molar-refractivity contribution in [1.82, 2.24) is 0 Å². The van der Waals surface area contributed by atoms with Gasteiger partial charge in [0, 0.05) is 0 Å². The summed E-state index contributed by atoms with van der Waals surface area (Å²) in [6.45, 7) is 4.69. The van der Waals surface area contributed by atoms with E-state index in [2.05, 4.69) is 13.8 Å². The fourth-order valence-electron chi connectivity index (χ4n) is 2.66. The van der Waals surface area contributed by atoms with Crippen molar-refractivity contribution < 1.29 is 0 Å². The molecule has 1 aliphatic rings. The van der Waals surface area contributed by atoms with Gasteiger partial charge in [0.05, 0.1) is 0 Å². The molecule has 1 saturated carbocycles. The standard InChI is InChI=1S/C12H24/c1-3-5-6-9-12(4-2)10-7-8-11-12/h3-11H2,1-2H3. The van der Waals surface area contributed by atoms with Gasteiger partial charge in [0.15, 0.2) is 0 Å². The smallest absolute Gasteiger partial charge is 0.0300 e. The summed E-state index contributed by atoms with van der Waals surface area (Å²) in [4.78, 5) is 0. The molecule has 0 aromatic carbocycles. The number of rotatable bonds is 5. The third kappa shape index (κ3) is 2.50. The maximum absolute atomic E-state index is 2.39. The van der Waals surface area contributed by atoms with Gasteiger partial charge in [-0.25, -0.2) is 0 Å². The van der Waals surface area contributed by atoms with Crippen LogP contribution in [-0.2, 0) is 0 Å². The highest BCUT2D eigenvalue weighted by Crippen LogP contribution is 2.44. The average Bonchev–Trinajstić information content (AvgIpc) is 2.55. The zero-order valence-corrected chi connectivity index (χ0v) is 8.86. The molecule has 72 valence electrons. The Morgan fingerprint density at radius 3 is 2.17 bits per heavy atom. The van der Waals surface area contributed by atoms with Crippen LogP contribution in [0, 0.1) is 5.41 Å². The molecule has 0 unspecified atom stereocenters. The molecule has 1 fully saturated rings. The fraction of sp³-hybridized carbons (Fsp3) is 1.00. The van der Waals surface area contributed by atoms with Crippen molar-refractivity contribution in [2.45, 2.75) is 71.6 Å². The molecule has 0 bridgehead atoms. The summed E-state index contributed by atoms with van der Waals surface area (Å²) in [7, 11) is 0. The van der Waals surface area contributed by atoms with E-state index in [1.54, 1.807) is 0 Å². The van der Waals surface area contributed by atoms with Crippen LogP contribution in [0.4, 0.5) is 0 Å². The Hall–Kier alpha value is 0. The average molecular weight is 168 g/mol. The molecular weight excluding hydrogens is 144 g/mol. The summed E-state index contributed by atoms with van der Waals surface area (Å²) in [6, 6.07) is 0. The van der Waals surface area contributed by atoms with Crippen LogP contribution < -0.4 is 0 Å². The number of hydrogen-bond acceptors (Lipinski definition) is 0. The van der Waals surface area contributed by atoms with Crippen molar-refractivity contribution in [1.29, 1.82) is 0 Å². The zero-order chi connectivity index (χ0) is 8.86. The fourth-order valence-corrected chi connectivity index (χ4v) is 2.66. The molecule has 0 heterocycles. The van der Waals surface area contributed by atoms with E-state index in [0.717, 1.165) is 5.41 Å². The number of hydrogen-bond donors (Lipinski definition) is 0. The van der Waals surface area contributed by atoms with Gasteiger partial charge in [-0.2, -0.15) is 0 Å². The van der Waals surface area contributed by atoms with Crippen molar-refractivity contribution in [2.75, 3.05) is 0 Å². The molecule has 0 aliphatic heterocycles. The van der Waals surface area contributed by atoms with Crippen molar-refractivity contribution >= 4 is 0 Å². The maximum atomic E-state index is 2.39. The topological polar surface area (TPSA) is 0 Å². The van der Waals surface area contributed by atoms with Gasteiger partial charge < -0.3 is 0 Å². The van der Waals surface area contributed by atoms with E-state index in [1.807, 2.05) is 0 Å². The van der Waals surface area contributed by atoms with Gasteiger partial charge in [-0.15, -0.1) is 0 Å². The third-order valence-corrected chi connectivity index (χ3v) is 3.72. The van der Waals surface area contributed by atoms with Crippen molar-refractivity contribution in [3.63, 3.8) is 0 Å². The molecule has 0 aromatic heterocycles. The van der Waals surface area contributed by atoms with Crippen LogP contribution >= 0.6 is 0 Å². The second-order valence-corrected chi connectivity index (χ2v) is 4.52. The largest absolute Gasteiger partial charge is 0.0654 e. The zero-order valence-electron chi connectivity index (χ0n) is 8.86. The molecule has 0 spiro atoms. The predicted molar refractivity (Wildman–Crippen MR) is 55.3 cm³/mol.